The number of nitrogens with zero attached hydrogens (tertiary/aromatic N) is 3. The summed E-state index contributed by atoms with van der Waals surface area (Å²) in [6.45, 7) is 3.53. The summed E-state index contributed by atoms with van der Waals surface area (Å²) in [6.07, 6.45) is 3.51. The van der Waals surface area contributed by atoms with Gasteiger partial charge in [0.2, 0.25) is 0 Å². The van der Waals surface area contributed by atoms with Crippen LogP contribution in [0.25, 0.3) is 5.69 Å². The average Bonchev–Trinajstić information content (AvgIpc) is 2.94. The highest BCUT2D eigenvalue weighted by Crippen LogP contribution is 2.16. The van der Waals surface area contributed by atoms with Gasteiger partial charge in [-0.05, 0) is 25.0 Å². The van der Waals surface area contributed by atoms with Gasteiger partial charge in [-0.1, -0.05) is 30.3 Å². The van der Waals surface area contributed by atoms with E-state index in [1.54, 1.807) is 10.9 Å². The third-order valence-electron chi connectivity index (χ3n) is 2.88. The summed E-state index contributed by atoms with van der Waals surface area (Å²) in [4.78, 5) is 0. The molecule has 1 aromatic heterocycles. The molecule has 0 aliphatic heterocycles. The maximum absolute atomic E-state index is 6.18. The Hall–Kier alpha value is -1.72. The van der Waals surface area contributed by atoms with E-state index in [0.717, 1.165) is 30.8 Å². The fraction of sp³-hybridized carbons (Fsp3) is 0.429. The lowest BCUT2D eigenvalue weighted by molar-refractivity contribution is 0.127. The molecule has 0 fully saturated rings. The Kier molecular flexibility index (Phi) is 5.06. The van der Waals surface area contributed by atoms with Crippen LogP contribution in [0.5, 0.6) is 0 Å². The van der Waals surface area contributed by atoms with E-state index in [4.69, 9.17) is 10.5 Å². The molecule has 0 spiro atoms. The molecule has 1 unspecified atom stereocenters. The molecule has 0 saturated heterocycles. The summed E-state index contributed by atoms with van der Waals surface area (Å²) in [5.41, 5.74) is 8.06. The molecule has 102 valence electrons. The maximum Gasteiger partial charge on any atom is 0.0813 e. The fourth-order valence-corrected chi connectivity index (χ4v) is 1.87. The first-order valence-corrected chi connectivity index (χ1v) is 6.62. The summed E-state index contributed by atoms with van der Waals surface area (Å²) in [6, 6.07) is 9.76. The second-order valence-electron chi connectivity index (χ2n) is 4.41. The smallest absolute Gasteiger partial charge is 0.0813 e. The van der Waals surface area contributed by atoms with Gasteiger partial charge in [-0.25, -0.2) is 4.68 Å². The van der Waals surface area contributed by atoms with Crippen LogP contribution in [0.1, 0.15) is 31.5 Å². The molecule has 5 nitrogen and oxygen atoms in total. The number of nitrogens with two attached hydrogens (primary N) is 1. The zero-order chi connectivity index (χ0) is 13.5. The molecule has 1 heterocycles. The van der Waals surface area contributed by atoms with Gasteiger partial charge in [-0.3, -0.25) is 0 Å². The molecule has 5 heteroatoms. The van der Waals surface area contributed by atoms with Crippen molar-refractivity contribution >= 4 is 0 Å². The van der Waals surface area contributed by atoms with E-state index < -0.39 is 0 Å². The third kappa shape index (κ3) is 3.62. The monoisotopic (exact) mass is 260 g/mol. The summed E-state index contributed by atoms with van der Waals surface area (Å²) in [5, 5.41) is 8.05. The minimum atomic E-state index is -0.118. The number of para-hydroxylation sites is 1. The molecular formula is C14H20N4O. The lowest BCUT2D eigenvalue weighted by Gasteiger charge is -2.13. The van der Waals surface area contributed by atoms with Crippen LogP contribution in [0.2, 0.25) is 0 Å². The van der Waals surface area contributed by atoms with Gasteiger partial charge in [0.1, 0.15) is 0 Å². The normalized spacial score (nSPS) is 12.5. The van der Waals surface area contributed by atoms with Crippen LogP contribution >= 0.6 is 0 Å². The van der Waals surface area contributed by atoms with Gasteiger partial charge in [-0.2, -0.15) is 0 Å². The van der Waals surface area contributed by atoms with Gasteiger partial charge in [0.15, 0.2) is 0 Å². The quantitative estimate of drug-likeness (QED) is 0.774. The van der Waals surface area contributed by atoms with E-state index in [1.807, 2.05) is 30.3 Å². The summed E-state index contributed by atoms with van der Waals surface area (Å²) in [5.74, 6) is 0. The summed E-state index contributed by atoms with van der Waals surface area (Å²) >= 11 is 0. The van der Waals surface area contributed by atoms with E-state index in [9.17, 15) is 0 Å². The predicted molar refractivity (Wildman–Crippen MR) is 74.0 cm³/mol. The van der Waals surface area contributed by atoms with Crippen molar-refractivity contribution in [1.29, 1.82) is 0 Å². The molecule has 0 amide bonds. The SMILES string of the molecule is CCCOCCC(N)c1cnnn1-c1ccccc1. The molecule has 0 saturated carbocycles. The van der Waals surface area contributed by atoms with Crippen LogP contribution in [0.4, 0.5) is 0 Å². The van der Waals surface area contributed by atoms with Crippen molar-refractivity contribution in [2.24, 2.45) is 5.73 Å². The fourth-order valence-electron chi connectivity index (χ4n) is 1.87. The van der Waals surface area contributed by atoms with Crippen molar-refractivity contribution in [2.45, 2.75) is 25.8 Å². The van der Waals surface area contributed by atoms with Gasteiger partial charge in [0, 0.05) is 13.2 Å². The molecule has 1 atom stereocenters. The minimum absolute atomic E-state index is 0.118. The van der Waals surface area contributed by atoms with Crippen LogP contribution < -0.4 is 5.73 Å². The molecule has 0 bridgehead atoms. The Balaban J connectivity index is 2.03. The van der Waals surface area contributed by atoms with Crippen LogP contribution in [0.3, 0.4) is 0 Å². The van der Waals surface area contributed by atoms with Crippen molar-refractivity contribution in [1.82, 2.24) is 15.0 Å². The average molecular weight is 260 g/mol. The lowest BCUT2D eigenvalue weighted by atomic mass is 10.1. The number of aromatic nitrogens is 3. The van der Waals surface area contributed by atoms with Gasteiger partial charge >= 0.3 is 0 Å². The third-order valence-corrected chi connectivity index (χ3v) is 2.88. The molecule has 2 aromatic rings. The van der Waals surface area contributed by atoms with E-state index in [0.29, 0.717) is 6.61 Å². The molecule has 2 N–H and O–H groups in total. The summed E-state index contributed by atoms with van der Waals surface area (Å²) < 4.78 is 7.25. The van der Waals surface area contributed by atoms with E-state index in [2.05, 4.69) is 17.2 Å². The lowest BCUT2D eigenvalue weighted by Crippen LogP contribution is -2.17. The molecule has 1 aromatic carbocycles. The van der Waals surface area contributed by atoms with Crippen molar-refractivity contribution in [3.05, 3.63) is 42.2 Å². The Morgan fingerprint density at radius 3 is 2.79 bits per heavy atom. The van der Waals surface area contributed by atoms with Gasteiger partial charge < -0.3 is 10.5 Å². The number of hydrogen-bond acceptors (Lipinski definition) is 4. The molecular weight excluding hydrogens is 240 g/mol. The highest BCUT2D eigenvalue weighted by atomic mass is 16.5. The zero-order valence-corrected chi connectivity index (χ0v) is 11.2. The second-order valence-corrected chi connectivity index (χ2v) is 4.41. The predicted octanol–water partition coefficient (Wildman–Crippen LogP) is 2.08. The van der Waals surface area contributed by atoms with Crippen LogP contribution in [0.15, 0.2) is 36.5 Å². The first-order valence-electron chi connectivity index (χ1n) is 6.62. The topological polar surface area (TPSA) is 66.0 Å². The Morgan fingerprint density at radius 1 is 1.26 bits per heavy atom. The molecule has 0 aliphatic carbocycles. The van der Waals surface area contributed by atoms with E-state index >= 15 is 0 Å². The number of ether oxygens (including phenoxy) is 1. The van der Waals surface area contributed by atoms with Crippen LogP contribution in [-0.4, -0.2) is 28.2 Å². The second kappa shape index (κ2) is 7.01. The van der Waals surface area contributed by atoms with Gasteiger partial charge in [0.05, 0.1) is 23.6 Å². The van der Waals surface area contributed by atoms with Gasteiger partial charge in [-0.15, -0.1) is 5.10 Å². The minimum Gasteiger partial charge on any atom is -0.381 e. The van der Waals surface area contributed by atoms with Crippen molar-refractivity contribution in [3.8, 4) is 5.69 Å². The van der Waals surface area contributed by atoms with Gasteiger partial charge in [0.25, 0.3) is 0 Å². The molecule has 0 aliphatic rings. The zero-order valence-electron chi connectivity index (χ0n) is 11.2. The number of benzene rings is 1. The molecule has 19 heavy (non-hydrogen) atoms. The first kappa shape index (κ1) is 13.7. The Labute approximate surface area is 113 Å². The largest absolute Gasteiger partial charge is 0.381 e. The highest BCUT2D eigenvalue weighted by Gasteiger charge is 2.13. The first-order chi connectivity index (χ1) is 9.33. The van der Waals surface area contributed by atoms with E-state index in [-0.39, 0.29) is 6.04 Å². The Bertz CT molecular complexity index is 483. The summed E-state index contributed by atoms with van der Waals surface area (Å²) in [7, 11) is 0. The number of rotatable bonds is 7. The Morgan fingerprint density at radius 2 is 2.05 bits per heavy atom. The number of hydrogen-bond donors (Lipinski definition) is 1. The van der Waals surface area contributed by atoms with Crippen LogP contribution in [0, 0.1) is 0 Å². The van der Waals surface area contributed by atoms with Crippen molar-refractivity contribution in [3.63, 3.8) is 0 Å². The van der Waals surface area contributed by atoms with Crippen molar-refractivity contribution < 1.29 is 4.74 Å². The van der Waals surface area contributed by atoms with E-state index in [1.165, 1.54) is 0 Å². The molecule has 0 radical (unpaired) electrons. The highest BCUT2D eigenvalue weighted by molar-refractivity contribution is 5.32. The van der Waals surface area contributed by atoms with Crippen LogP contribution in [-0.2, 0) is 4.74 Å². The maximum atomic E-state index is 6.18. The molecule has 2 rings (SSSR count). The standard InChI is InChI=1S/C14H20N4O/c1-2-9-19-10-8-13(15)14-11-16-17-18(14)12-6-4-3-5-7-12/h3-7,11,13H,2,8-10,15H2,1H3. The van der Waals surface area contributed by atoms with Crippen molar-refractivity contribution in [2.75, 3.05) is 13.2 Å².